The van der Waals surface area contributed by atoms with Crippen molar-refractivity contribution in [2.45, 2.75) is 19.3 Å². The minimum absolute atomic E-state index is 0.193. The van der Waals surface area contributed by atoms with Crippen LogP contribution in [0.1, 0.15) is 17.5 Å². The first-order valence-corrected chi connectivity index (χ1v) is 8.75. The van der Waals surface area contributed by atoms with Gasteiger partial charge >= 0.3 is 5.97 Å². The van der Waals surface area contributed by atoms with Crippen LogP contribution in [0.25, 0.3) is 0 Å². The second-order valence-electron chi connectivity index (χ2n) is 5.70. The van der Waals surface area contributed by atoms with Crippen LogP contribution >= 0.6 is 11.6 Å². The van der Waals surface area contributed by atoms with Crippen molar-refractivity contribution in [1.82, 2.24) is 5.32 Å². The summed E-state index contributed by atoms with van der Waals surface area (Å²) in [5.74, 6) is 0.00797. The van der Waals surface area contributed by atoms with Crippen molar-refractivity contribution in [2.24, 2.45) is 0 Å². The number of hydrogen-bond donors (Lipinski definition) is 1. The Kier molecular flexibility index (Phi) is 7.96. The molecule has 138 valence electrons. The number of rotatable bonds is 9. The maximum Gasteiger partial charge on any atom is 0.306 e. The van der Waals surface area contributed by atoms with E-state index in [0.717, 1.165) is 16.9 Å². The van der Waals surface area contributed by atoms with Gasteiger partial charge in [0.05, 0.1) is 7.11 Å². The van der Waals surface area contributed by atoms with Gasteiger partial charge in [0.1, 0.15) is 5.75 Å². The molecule has 2 aromatic rings. The standard InChI is InChI=1S/C20H22ClNO4/c1-25-18-5-3-2-4-16(18)8-11-20(24)26-14-19(23)22-13-12-15-6-9-17(21)10-7-15/h2-7,9-10H,8,11-14H2,1H3,(H,22,23). The minimum Gasteiger partial charge on any atom is -0.496 e. The van der Waals surface area contributed by atoms with Gasteiger partial charge < -0.3 is 14.8 Å². The van der Waals surface area contributed by atoms with Crippen molar-refractivity contribution < 1.29 is 19.1 Å². The summed E-state index contributed by atoms with van der Waals surface area (Å²) in [6.45, 7) is 0.199. The van der Waals surface area contributed by atoms with Crippen LogP contribution in [0.2, 0.25) is 5.02 Å². The largest absolute Gasteiger partial charge is 0.496 e. The highest BCUT2D eigenvalue weighted by molar-refractivity contribution is 6.30. The van der Waals surface area contributed by atoms with Gasteiger partial charge in [-0.15, -0.1) is 0 Å². The highest BCUT2D eigenvalue weighted by atomic mass is 35.5. The molecule has 0 radical (unpaired) electrons. The number of aryl methyl sites for hydroxylation is 1. The van der Waals surface area contributed by atoms with E-state index in [9.17, 15) is 9.59 Å². The molecule has 6 heteroatoms. The number of carbonyl (C=O) groups is 2. The molecule has 0 bridgehead atoms. The highest BCUT2D eigenvalue weighted by Crippen LogP contribution is 2.18. The van der Waals surface area contributed by atoms with Gasteiger partial charge in [0.2, 0.25) is 0 Å². The van der Waals surface area contributed by atoms with Crippen LogP contribution in [0.4, 0.5) is 0 Å². The number of benzene rings is 2. The zero-order valence-corrected chi connectivity index (χ0v) is 15.4. The predicted octanol–water partition coefficient (Wildman–Crippen LogP) is 3.18. The number of esters is 1. The van der Waals surface area contributed by atoms with Crippen LogP contribution in [-0.2, 0) is 27.2 Å². The van der Waals surface area contributed by atoms with Crippen LogP contribution < -0.4 is 10.1 Å². The minimum atomic E-state index is -0.413. The molecule has 0 aliphatic carbocycles. The van der Waals surface area contributed by atoms with Gasteiger partial charge in [-0.25, -0.2) is 0 Å². The molecule has 26 heavy (non-hydrogen) atoms. The highest BCUT2D eigenvalue weighted by Gasteiger charge is 2.09. The van der Waals surface area contributed by atoms with Crippen molar-refractivity contribution in [3.05, 3.63) is 64.7 Å². The van der Waals surface area contributed by atoms with Crippen molar-refractivity contribution in [3.63, 3.8) is 0 Å². The Morgan fingerprint density at radius 2 is 1.77 bits per heavy atom. The molecule has 0 unspecified atom stereocenters. The fraction of sp³-hybridized carbons (Fsp3) is 0.300. The van der Waals surface area contributed by atoms with E-state index in [1.807, 2.05) is 48.5 Å². The molecule has 0 spiro atoms. The van der Waals surface area contributed by atoms with Gasteiger partial charge in [-0.3, -0.25) is 9.59 Å². The summed E-state index contributed by atoms with van der Waals surface area (Å²) >= 11 is 5.82. The van der Waals surface area contributed by atoms with Crippen LogP contribution in [-0.4, -0.2) is 32.1 Å². The lowest BCUT2D eigenvalue weighted by molar-refractivity contribution is -0.148. The third-order valence-electron chi connectivity index (χ3n) is 3.80. The summed E-state index contributed by atoms with van der Waals surface area (Å²) in [6, 6.07) is 14.9. The molecule has 0 atom stereocenters. The van der Waals surface area contributed by atoms with Gasteiger partial charge in [-0.2, -0.15) is 0 Å². The molecule has 0 fully saturated rings. The second-order valence-corrected chi connectivity index (χ2v) is 6.14. The Labute approximate surface area is 158 Å². The summed E-state index contributed by atoms with van der Waals surface area (Å²) in [5, 5.41) is 3.40. The summed E-state index contributed by atoms with van der Waals surface area (Å²) in [5.41, 5.74) is 2.00. The zero-order valence-electron chi connectivity index (χ0n) is 14.7. The number of carbonyl (C=O) groups excluding carboxylic acids is 2. The molecule has 0 aromatic heterocycles. The maximum atomic E-state index is 11.8. The van der Waals surface area contributed by atoms with E-state index in [0.29, 0.717) is 24.4 Å². The number of methoxy groups -OCH3 is 1. The molecule has 2 rings (SSSR count). The van der Waals surface area contributed by atoms with Gasteiger partial charge in [0.15, 0.2) is 6.61 Å². The van der Waals surface area contributed by atoms with E-state index in [4.69, 9.17) is 21.1 Å². The van der Waals surface area contributed by atoms with Crippen LogP contribution in [0.15, 0.2) is 48.5 Å². The molecule has 1 N–H and O–H groups in total. The Morgan fingerprint density at radius 3 is 2.50 bits per heavy atom. The van der Waals surface area contributed by atoms with Crippen LogP contribution in [0, 0.1) is 0 Å². The molecule has 0 saturated heterocycles. The number of hydrogen-bond acceptors (Lipinski definition) is 4. The number of amides is 1. The van der Waals surface area contributed by atoms with E-state index in [1.54, 1.807) is 7.11 Å². The first-order valence-electron chi connectivity index (χ1n) is 8.37. The van der Waals surface area contributed by atoms with E-state index >= 15 is 0 Å². The van der Waals surface area contributed by atoms with Crippen molar-refractivity contribution >= 4 is 23.5 Å². The second kappa shape index (κ2) is 10.5. The average molecular weight is 376 g/mol. The smallest absolute Gasteiger partial charge is 0.306 e. The van der Waals surface area contributed by atoms with Gasteiger partial charge in [-0.05, 0) is 42.2 Å². The molecule has 0 aliphatic rings. The van der Waals surface area contributed by atoms with Crippen LogP contribution in [0.3, 0.4) is 0 Å². The first kappa shape index (κ1) is 19.8. The number of para-hydroxylation sites is 1. The summed E-state index contributed by atoms with van der Waals surface area (Å²) in [7, 11) is 1.59. The van der Waals surface area contributed by atoms with Gasteiger partial charge in [0.25, 0.3) is 5.91 Å². The number of ether oxygens (including phenoxy) is 2. The van der Waals surface area contributed by atoms with E-state index in [-0.39, 0.29) is 18.9 Å². The lowest BCUT2D eigenvalue weighted by atomic mass is 10.1. The summed E-state index contributed by atoms with van der Waals surface area (Å²) in [6.07, 6.45) is 1.38. The van der Waals surface area contributed by atoms with Crippen LogP contribution in [0.5, 0.6) is 5.75 Å². The Morgan fingerprint density at radius 1 is 1.04 bits per heavy atom. The number of nitrogens with one attached hydrogen (secondary N) is 1. The third kappa shape index (κ3) is 6.76. The van der Waals surface area contributed by atoms with Crippen molar-refractivity contribution in [2.75, 3.05) is 20.3 Å². The predicted molar refractivity (Wildman–Crippen MR) is 100 cm³/mol. The molecule has 0 saturated carbocycles. The molecular weight excluding hydrogens is 354 g/mol. The Balaban J connectivity index is 1.63. The zero-order chi connectivity index (χ0) is 18.8. The quantitative estimate of drug-likeness (QED) is 0.684. The topological polar surface area (TPSA) is 64.6 Å². The normalized spacial score (nSPS) is 10.2. The average Bonchev–Trinajstić information content (AvgIpc) is 2.66. The Hall–Kier alpha value is -2.53. The monoisotopic (exact) mass is 375 g/mol. The molecule has 0 aliphatic heterocycles. The summed E-state index contributed by atoms with van der Waals surface area (Å²) in [4.78, 5) is 23.5. The molecule has 0 heterocycles. The SMILES string of the molecule is COc1ccccc1CCC(=O)OCC(=O)NCCc1ccc(Cl)cc1. The van der Waals surface area contributed by atoms with Crippen molar-refractivity contribution in [1.29, 1.82) is 0 Å². The molecule has 1 amide bonds. The fourth-order valence-corrected chi connectivity index (χ4v) is 2.54. The Bertz CT molecular complexity index is 731. The van der Waals surface area contributed by atoms with E-state index in [1.165, 1.54) is 0 Å². The molecule has 2 aromatic carbocycles. The van der Waals surface area contributed by atoms with Gasteiger partial charge in [0, 0.05) is 18.0 Å². The maximum absolute atomic E-state index is 11.8. The van der Waals surface area contributed by atoms with Crippen molar-refractivity contribution in [3.8, 4) is 5.75 Å². The summed E-state index contributed by atoms with van der Waals surface area (Å²) < 4.78 is 10.2. The van der Waals surface area contributed by atoms with E-state index in [2.05, 4.69) is 5.32 Å². The molecular formula is C20H22ClNO4. The third-order valence-corrected chi connectivity index (χ3v) is 4.06. The lowest BCUT2D eigenvalue weighted by Gasteiger charge is -2.09. The lowest BCUT2D eigenvalue weighted by Crippen LogP contribution is -2.30. The van der Waals surface area contributed by atoms with Gasteiger partial charge in [-0.1, -0.05) is 41.9 Å². The first-order chi connectivity index (χ1) is 12.6. The van der Waals surface area contributed by atoms with E-state index < -0.39 is 5.97 Å². The fourth-order valence-electron chi connectivity index (χ4n) is 2.41. The number of halogens is 1. The molecule has 5 nitrogen and oxygen atoms in total.